The number of amides is 1. The van der Waals surface area contributed by atoms with Crippen molar-refractivity contribution in [1.29, 1.82) is 0 Å². The number of thiazole rings is 1. The molecule has 0 bridgehead atoms. The number of rotatable bonds is 3. The van der Waals surface area contributed by atoms with Crippen molar-refractivity contribution in [3.05, 3.63) is 57.9 Å². The zero-order valence-corrected chi connectivity index (χ0v) is 15.1. The standard InChI is InChI=1S/C19H20N2O2S/c1-5-23-14-7-9-16-17(11-14)24-19(21(16)4)20-18(22)15-8-6-12(2)10-13(15)3/h6-11H,5H2,1-4H3. The minimum Gasteiger partial charge on any atom is -0.494 e. The fraction of sp³-hybridized carbons (Fsp3) is 0.263. The van der Waals surface area contributed by atoms with Crippen LogP contribution in [0, 0.1) is 13.8 Å². The first-order valence-electron chi connectivity index (χ1n) is 7.88. The fourth-order valence-corrected chi connectivity index (χ4v) is 3.72. The third-order valence-corrected chi connectivity index (χ3v) is 5.00. The number of hydrogen-bond donors (Lipinski definition) is 0. The van der Waals surface area contributed by atoms with Gasteiger partial charge in [-0.25, -0.2) is 0 Å². The van der Waals surface area contributed by atoms with E-state index >= 15 is 0 Å². The van der Waals surface area contributed by atoms with Crippen LogP contribution >= 0.6 is 11.3 Å². The van der Waals surface area contributed by atoms with Gasteiger partial charge in [-0.3, -0.25) is 4.79 Å². The first-order valence-corrected chi connectivity index (χ1v) is 8.70. The summed E-state index contributed by atoms with van der Waals surface area (Å²) in [6.45, 7) is 6.54. The van der Waals surface area contributed by atoms with Gasteiger partial charge >= 0.3 is 0 Å². The number of fused-ring (bicyclic) bond motifs is 1. The van der Waals surface area contributed by atoms with Crippen LogP contribution in [0.4, 0.5) is 0 Å². The molecule has 0 radical (unpaired) electrons. The largest absolute Gasteiger partial charge is 0.494 e. The highest BCUT2D eigenvalue weighted by molar-refractivity contribution is 7.16. The Morgan fingerprint density at radius 1 is 1.21 bits per heavy atom. The monoisotopic (exact) mass is 340 g/mol. The van der Waals surface area contributed by atoms with Crippen molar-refractivity contribution in [1.82, 2.24) is 4.57 Å². The normalized spacial score (nSPS) is 11.9. The number of carbonyl (C=O) groups excluding carboxylic acids is 1. The SMILES string of the molecule is CCOc1ccc2c(c1)sc(=NC(=O)c1ccc(C)cc1C)n2C. The van der Waals surface area contributed by atoms with Crippen molar-refractivity contribution in [3.8, 4) is 5.75 Å². The summed E-state index contributed by atoms with van der Waals surface area (Å²) in [5.41, 5.74) is 3.77. The predicted molar refractivity (Wildman–Crippen MR) is 97.8 cm³/mol. The van der Waals surface area contributed by atoms with Crippen molar-refractivity contribution in [3.63, 3.8) is 0 Å². The lowest BCUT2D eigenvalue weighted by Crippen LogP contribution is -2.13. The third-order valence-electron chi connectivity index (χ3n) is 3.90. The van der Waals surface area contributed by atoms with Gasteiger partial charge in [0.05, 0.1) is 16.8 Å². The fourth-order valence-electron chi connectivity index (χ4n) is 2.68. The molecule has 124 valence electrons. The Labute approximate surface area is 145 Å². The summed E-state index contributed by atoms with van der Waals surface area (Å²) in [5, 5.41) is 0. The molecule has 1 heterocycles. The molecule has 0 N–H and O–H groups in total. The van der Waals surface area contributed by atoms with E-state index in [1.807, 2.05) is 68.8 Å². The van der Waals surface area contributed by atoms with Gasteiger partial charge in [0.15, 0.2) is 4.80 Å². The highest BCUT2D eigenvalue weighted by Gasteiger charge is 2.10. The molecule has 0 unspecified atom stereocenters. The second-order valence-corrected chi connectivity index (χ2v) is 6.75. The molecule has 3 rings (SSSR count). The van der Waals surface area contributed by atoms with E-state index in [9.17, 15) is 4.79 Å². The number of aromatic nitrogens is 1. The van der Waals surface area contributed by atoms with Crippen LogP contribution in [0.5, 0.6) is 5.75 Å². The molecule has 0 fully saturated rings. The average molecular weight is 340 g/mol. The van der Waals surface area contributed by atoms with E-state index in [-0.39, 0.29) is 5.91 Å². The maximum Gasteiger partial charge on any atom is 0.279 e. The number of carbonyl (C=O) groups is 1. The van der Waals surface area contributed by atoms with Gasteiger partial charge in [0, 0.05) is 12.6 Å². The van der Waals surface area contributed by atoms with Crippen molar-refractivity contribution in [2.45, 2.75) is 20.8 Å². The molecular formula is C19H20N2O2S. The molecule has 2 aromatic carbocycles. The van der Waals surface area contributed by atoms with Gasteiger partial charge in [-0.2, -0.15) is 4.99 Å². The minimum atomic E-state index is -0.209. The van der Waals surface area contributed by atoms with Crippen molar-refractivity contribution in [2.24, 2.45) is 12.0 Å². The number of hydrogen-bond acceptors (Lipinski definition) is 3. The van der Waals surface area contributed by atoms with E-state index in [1.165, 1.54) is 11.3 Å². The van der Waals surface area contributed by atoms with Gasteiger partial charge < -0.3 is 9.30 Å². The Hall–Kier alpha value is -2.40. The number of aryl methyl sites for hydroxylation is 3. The lowest BCUT2D eigenvalue weighted by Gasteiger charge is -2.02. The third kappa shape index (κ3) is 3.12. The molecule has 0 saturated heterocycles. The van der Waals surface area contributed by atoms with Gasteiger partial charge in [-0.05, 0) is 50.6 Å². The summed E-state index contributed by atoms with van der Waals surface area (Å²) in [6.07, 6.45) is 0. The van der Waals surface area contributed by atoms with E-state index in [1.54, 1.807) is 0 Å². The molecular weight excluding hydrogens is 320 g/mol. The quantitative estimate of drug-likeness (QED) is 0.723. The molecule has 0 aliphatic heterocycles. The summed E-state index contributed by atoms with van der Waals surface area (Å²) in [5.74, 6) is 0.624. The first kappa shape index (κ1) is 16.5. The second-order valence-electron chi connectivity index (χ2n) is 5.74. The van der Waals surface area contributed by atoms with Crippen molar-refractivity contribution >= 4 is 27.5 Å². The van der Waals surface area contributed by atoms with E-state index in [0.717, 1.165) is 27.1 Å². The molecule has 0 saturated carbocycles. The molecule has 0 aliphatic carbocycles. The maximum atomic E-state index is 12.5. The van der Waals surface area contributed by atoms with Gasteiger partial charge in [0.2, 0.25) is 0 Å². The zero-order chi connectivity index (χ0) is 17.3. The highest BCUT2D eigenvalue weighted by atomic mass is 32.1. The zero-order valence-electron chi connectivity index (χ0n) is 14.3. The lowest BCUT2D eigenvalue weighted by atomic mass is 10.1. The van der Waals surface area contributed by atoms with Crippen LogP contribution in [0.2, 0.25) is 0 Å². The van der Waals surface area contributed by atoms with Crippen molar-refractivity contribution in [2.75, 3.05) is 6.61 Å². The summed E-state index contributed by atoms with van der Waals surface area (Å²) in [7, 11) is 1.92. The second kappa shape index (κ2) is 6.61. The smallest absolute Gasteiger partial charge is 0.279 e. The molecule has 3 aromatic rings. The van der Waals surface area contributed by atoms with Crippen molar-refractivity contribution < 1.29 is 9.53 Å². The molecule has 4 nitrogen and oxygen atoms in total. The number of ether oxygens (including phenoxy) is 1. The van der Waals surface area contributed by atoms with E-state index in [2.05, 4.69) is 4.99 Å². The van der Waals surface area contributed by atoms with Crippen LogP contribution in [0.25, 0.3) is 10.2 Å². The first-order chi connectivity index (χ1) is 11.5. The summed E-state index contributed by atoms with van der Waals surface area (Å²) in [6, 6.07) is 11.7. The van der Waals surface area contributed by atoms with Crippen LogP contribution in [0.3, 0.4) is 0 Å². The Kier molecular flexibility index (Phi) is 4.53. The van der Waals surface area contributed by atoms with E-state index in [4.69, 9.17) is 4.74 Å². The Morgan fingerprint density at radius 3 is 2.71 bits per heavy atom. The molecule has 1 aromatic heterocycles. The topological polar surface area (TPSA) is 43.6 Å². The van der Waals surface area contributed by atoms with Crippen LogP contribution in [0.1, 0.15) is 28.4 Å². The Balaban J connectivity index is 2.06. The van der Waals surface area contributed by atoms with Crippen LogP contribution < -0.4 is 9.54 Å². The maximum absolute atomic E-state index is 12.5. The van der Waals surface area contributed by atoms with E-state index in [0.29, 0.717) is 17.0 Å². The summed E-state index contributed by atoms with van der Waals surface area (Å²) >= 11 is 1.49. The Bertz CT molecular complexity index is 983. The molecule has 0 atom stereocenters. The predicted octanol–water partition coefficient (Wildman–Crippen LogP) is 4.00. The van der Waals surface area contributed by atoms with Crippen LogP contribution in [-0.2, 0) is 7.05 Å². The summed E-state index contributed by atoms with van der Waals surface area (Å²) in [4.78, 5) is 17.6. The molecule has 1 amide bonds. The van der Waals surface area contributed by atoms with Gasteiger partial charge in [-0.1, -0.05) is 29.0 Å². The van der Waals surface area contributed by atoms with Gasteiger partial charge in [-0.15, -0.1) is 0 Å². The molecule has 24 heavy (non-hydrogen) atoms. The number of nitrogens with zero attached hydrogens (tertiary/aromatic N) is 2. The van der Waals surface area contributed by atoms with Crippen LogP contribution in [-0.4, -0.2) is 17.1 Å². The highest BCUT2D eigenvalue weighted by Crippen LogP contribution is 2.23. The van der Waals surface area contributed by atoms with E-state index < -0.39 is 0 Å². The Morgan fingerprint density at radius 2 is 2.00 bits per heavy atom. The van der Waals surface area contributed by atoms with Gasteiger partial charge in [0.25, 0.3) is 5.91 Å². The van der Waals surface area contributed by atoms with Crippen LogP contribution in [0.15, 0.2) is 41.4 Å². The minimum absolute atomic E-state index is 0.209. The molecule has 0 aliphatic rings. The molecule has 0 spiro atoms. The van der Waals surface area contributed by atoms with Gasteiger partial charge in [0.1, 0.15) is 5.75 Å². The lowest BCUT2D eigenvalue weighted by molar-refractivity contribution is 0.0997. The summed E-state index contributed by atoms with van der Waals surface area (Å²) < 4.78 is 8.53. The average Bonchev–Trinajstić information content (AvgIpc) is 2.83. The molecule has 5 heteroatoms. The number of benzene rings is 2.